The molecule has 1 aromatic carbocycles. The lowest BCUT2D eigenvalue weighted by atomic mass is 10.3. The molecular formula is C13H22N2O2S2. The molecule has 1 N–H and O–H groups in total. The summed E-state index contributed by atoms with van der Waals surface area (Å²) < 4.78 is 25.0. The summed E-state index contributed by atoms with van der Waals surface area (Å²) in [5, 5.41) is 3.29. The Morgan fingerprint density at radius 1 is 1.21 bits per heavy atom. The van der Waals surface area contributed by atoms with E-state index in [0.717, 1.165) is 30.2 Å². The number of nitrogens with one attached hydrogen (secondary N) is 1. The van der Waals surface area contributed by atoms with Crippen LogP contribution in [0, 0.1) is 0 Å². The maximum absolute atomic E-state index is 11.9. The first kappa shape index (κ1) is 16.3. The minimum atomic E-state index is -3.32. The average Bonchev–Trinajstić information content (AvgIpc) is 2.39. The first-order valence-electron chi connectivity index (χ1n) is 6.32. The van der Waals surface area contributed by atoms with Crippen LogP contribution < -0.4 is 5.32 Å². The van der Waals surface area contributed by atoms with Gasteiger partial charge in [0.1, 0.15) is 0 Å². The standard InChI is InChI=1S/C13H22N2O2S2/c1-4-18-11-5-10-14-12-6-8-13(9-7-12)19(16,17)15(2)3/h6-9,14H,4-5,10-11H2,1-3H3. The number of anilines is 1. The maximum Gasteiger partial charge on any atom is 0.242 e. The van der Waals surface area contributed by atoms with Crippen molar-refractivity contribution in [1.82, 2.24) is 4.31 Å². The Kier molecular flexibility index (Phi) is 6.68. The van der Waals surface area contributed by atoms with E-state index < -0.39 is 10.0 Å². The van der Waals surface area contributed by atoms with Gasteiger partial charge in [-0.1, -0.05) is 6.92 Å². The molecule has 0 aliphatic heterocycles. The predicted octanol–water partition coefficient (Wildman–Crippen LogP) is 2.49. The van der Waals surface area contributed by atoms with Crippen molar-refractivity contribution in [2.24, 2.45) is 0 Å². The average molecular weight is 302 g/mol. The van der Waals surface area contributed by atoms with Gasteiger partial charge in [0.15, 0.2) is 0 Å². The fraction of sp³-hybridized carbons (Fsp3) is 0.538. The third-order valence-corrected chi connectivity index (χ3v) is 5.45. The van der Waals surface area contributed by atoms with Gasteiger partial charge in [-0.15, -0.1) is 0 Å². The molecule has 0 heterocycles. The molecule has 19 heavy (non-hydrogen) atoms. The highest BCUT2D eigenvalue weighted by Crippen LogP contribution is 2.16. The summed E-state index contributed by atoms with van der Waals surface area (Å²) in [6.45, 7) is 3.06. The van der Waals surface area contributed by atoms with Crippen LogP contribution in [0.25, 0.3) is 0 Å². The second kappa shape index (κ2) is 7.77. The van der Waals surface area contributed by atoms with Crippen LogP contribution >= 0.6 is 11.8 Å². The first-order chi connectivity index (χ1) is 8.98. The summed E-state index contributed by atoms with van der Waals surface area (Å²) in [4.78, 5) is 0.324. The Balaban J connectivity index is 2.53. The smallest absolute Gasteiger partial charge is 0.242 e. The van der Waals surface area contributed by atoms with Crippen LogP contribution in [-0.2, 0) is 10.0 Å². The molecule has 0 atom stereocenters. The molecule has 0 radical (unpaired) electrons. The highest BCUT2D eigenvalue weighted by Gasteiger charge is 2.16. The molecular weight excluding hydrogens is 280 g/mol. The fourth-order valence-corrected chi connectivity index (χ4v) is 3.05. The van der Waals surface area contributed by atoms with Crippen molar-refractivity contribution in [3.05, 3.63) is 24.3 Å². The van der Waals surface area contributed by atoms with Crippen molar-refractivity contribution in [1.29, 1.82) is 0 Å². The van der Waals surface area contributed by atoms with E-state index in [9.17, 15) is 8.42 Å². The Morgan fingerprint density at radius 3 is 2.37 bits per heavy atom. The van der Waals surface area contributed by atoms with E-state index >= 15 is 0 Å². The van der Waals surface area contributed by atoms with Crippen LogP contribution in [0.15, 0.2) is 29.2 Å². The zero-order chi connectivity index (χ0) is 14.3. The molecule has 0 saturated carbocycles. The van der Waals surface area contributed by atoms with E-state index in [1.165, 1.54) is 18.4 Å². The van der Waals surface area contributed by atoms with Gasteiger partial charge < -0.3 is 5.32 Å². The van der Waals surface area contributed by atoms with Gasteiger partial charge in [0.2, 0.25) is 10.0 Å². The number of rotatable bonds is 8. The summed E-state index contributed by atoms with van der Waals surface area (Å²) in [6.07, 6.45) is 1.11. The van der Waals surface area contributed by atoms with Crippen LogP contribution in [0.3, 0.4) is 0 Å². The van der Waals surface area contributed by atoms with Crippen molar-refractivity contribution in [3.63, 3.8) is 0 Å². The van der Waals surface area contributed by atoms with Crippen LogP contribution in [0.2, 0.25) is 0 Å². The lowest BCUT2D eigenvalue weighted by Gasteiger charge is -2.12. The Hall–Kier alpha value is -0.720. The zero-order valence-corrected chi connectivity index (χ0v) is 13.4. The summed E-state index contributed by atoms with van der Waals surface area (Å²) in [5.74, 6) is 2.30. The van der Waals surface area contributed by atoms with Crippen LogP contribution in [0.4, 0.5) is 5.69 Å². The second-order valence-electron chi connectivity index (χ2n) is 4.29. The van der Waals surface area contributed by atoms with Gasteiger partial charge in [-0.2, -0.15) is 11.8 Å². The van der Waals surface area contributed by atoms with Crippen molar-refractivity contribution in [3.8, 4) is 0 Å². The Bertz CT molecular complexity index is 470. The lowest BCUT2D eigenvalue weighted by Crippen LogP contribution is -2.22. The molecule has 1 rings (SSSR count). The predicted molar refractivity (Wildman–Crippen MR) is 83.4 cm³/mol. The number of hydrogen-bond acceptors (Lipinski definition) is 4. The monoisotopic (exact) mass is 302 g/mol. The molecule has 0 aliphatic rings. The van der Waals surface area contributed by atoms with Crippen molar-refractivity contribution in [2.75, 3.05) is 37.5 Å². The number of hydrogen-bond donors (Lipinski definition) is 1. The number of thioether (sulfide) groups is 1. The van der Waals surface area contributed by atoms with Crippen molar-refractivity contribution in [2.45, 2.75) is 18.2 Å². The number of benzene rings is 1. The number of sulfonamides is 1. The van der Waals surface area contributed by atoms with Gasteiger partial charge in [0, 0.05) is 26.3 Å². The van der Waals surface area contributed by atoms with Gasteiger partial charge in [0.05, 0.1) is 4.90 Å². The van der Waals surface area contributed by atoms with Crippen LogP contribution in [0.5, 0.6) is 0 Å². The third-order valence-electron chi connectivity index (χ3n) is 2.63. The Labute approximate surface area is 120 Å². The van der Waals surface area contributed by atoms with E-state index in [-0.39, 0.29) is 0 Å². The van der Waals surface area contributed by atoms with Gasteiger partial charge in [-0.25, -0.2) is 12.7 Å². The largest absolute Gasteiger partial charge is 0.385 e. The van der Waals surface area contributed by atoms with Gasteiger partial charge >= 0.3 is 0 Å². The molecule has 108 valence electrons. The van der Waals surface area contributed by atoms with E-state index in [2.05, 4.69) is 12.2 Å². The molecule has 0 aliphatic carbocycles. The first-order valence-corrected chi connectivity index (χ1v) is 8.92. The summed E-state index contributed by atoms with van der Waals surface area (Å²) in [7, 11) is -0.255. The van der Waals surface area contributed by atoms with Gasteiger partial charge in [-0.3, -0.25) is 0 Å². The van der Waals surface area contributed by atoms with Crippen molar-refractivity contribution < 1.29 is 8.42 Å². The summed E-state index contributed by atoms with van der Waals surface area (Å²) in [5.41, 5.74) is 0.958. The van der Waals surface area contributed by atoms with E-state index in [4.69, 9.17) is 0 Å². The molecule has 4 nitrogen and oxygen atoms in total. The highest BCUT2D eigenvalue weighted by molar-refractivity contribution is 7.99. The minimum Gasteiger partial charge on any atom is -0.385 e. The molecule has 0 spiro atoms. The Morgan fingerprint density at radius 2 is 1.84 bits per heavy atom. The zero-order valence-electron chi connectivity index (χ0n) is 11.7. The molecule has 0 fully saturated rings. The topological polar surface area (TPSA) is 49.4 Å². The second-order valence-corrected chi connectivity index (χ2v) is 7.83. The van der Waals surface area contributed by atoms with E-state index in [1.54, 1.807) is 12.1 Å². The number of nitrogens with zero attached hydrogens (tertiary/aromatic N) is 1. The van der Waals surface area contributed by atoms with Crippen LogP contribution in [0.1, 0.15) is 13.3 Å². The molecule has 1 aromatic rings. The minimum absolute atomic E-state index is 0.324. The molecule has 0 saturated heterocycles. The quantitative estimate of drug-likeness (QED) is 0.750. The highest BCUT2D eigenvalue weighted by atomic mass is 32.2. The summed E-state index contributed by atoms with van der Waals surface area (Å²) in [6, 6.07) is 6.89. The van der Waals surface area contributed by atoms with E-state index in [1.807, 2.05) is 23.9 Å². The fourth-order valence-electron chi connectivity index (χ4n) is 1.51. The molecule has 0 bridgehead atoms. The van der Waals surface area contributed by atoms with Gasteiger partial charge in [0.25, 0.3) is 0 Å². The molecule has 0 unspecified atom stereocenters. The normalized spacial score (nSPS) is 11.8. The molecule has 6 heteroatoms. The third kappa shape index (κ3) is 5.04. The molecule has 0 amide bonds. The SMILES string of the molecule is CCSCCCNc1ccc(S(=O)(=O)N(C)C)cc1. The molecule has 0 aromatic heterocycles. The maximum atomic E-state index is 11.9. The summed E-state index contributed by atoms with van der Waals surface area (Å²) >= 11 is 1.93. The van der Waals surface area contributed by atoms with Gasteiger partial charge in [-0.05, 0) is 42.2 Å². The lowest BCUT2D eigenvalue weighted by molar-refractivity contribution is 0.521. The van der Waals surface area contributed by atoms with E-state index in [0.29, 0.717) is 4.90 Å². The van der Waals surface area contributed by atoms with Crippen molar-refractivity contribution >= 4 is 27.5 Å². The van der Waals surface area contributed by atoms with Crippen LogP contribution in [-0.4, -0.2) is 44.9 Å².